The molecule has 0 aliphatic carbocycles. The van der Waals surface area contributed by atoms with Crippen molar-refractivity contribution in [2.45, 2.75) is 32.4 Å². The number of nitrogens with one attached hydrogen (secondary N) is 1. The van der Waals surface area contributed by atoms with Crippen molar-refractivity contribution in [3.05, 3.63) is 30.1 Å². The molecule has 0 bridgehead atoms. The van der Waals surface area contributed by atoms with E-state index in [-0.39, 0.29) is 0 Å². The van der Waals surface area contributed by atoms with Crippen LogP contribution in [0, 0.1) is 0 Å². The molecule has 0 radical (unpaired) electrons. The van der Waals surface area contributed by atoms with Crippen LogP contribution in [-0.4, -0.2) is 35.6 Å². The van der Waals surface area contributed by atoms with Crippen LogP contribution in [0.5, 0.6) is 0 Å². The first-order valence-electron chi connectivity index (χ1n) is 6.24. The van der Waals surface area contributed by atoms with E-state index in [1.54, 1.807) is 0 Å². The van der Waals surface area contributed by atoms with Gasteiger partial charge in [-0.05, 0) is 37.6 Å². The van der Waals surface area contributed by atoms with Crippen LogP contribution in [-0.2, 0) is 6.54 Å². The van der Waals surface area contributed by atoms with Crippen LogP contribution in [0.3, 0.4) is 0 Å². The Labute approximate surface area is 97.9 Å². The Morgan fingerprint density at radius 1 is 1.56 bits per heavy atom. The van der Waals surface area contributed by atoms with Crippen molar-refractivity contribution in [2.75, 3.05) is 19.6 Å². The maximum absolute atomic E-state index is 4.18. The first-order valence-corrected chi connectivity index (χ1v) is 6.24. The number of rotatable bonds is 5. The summed E-state index contributed by atoms with van der Waals surface area (Å²) < 4.78 is 0. The molecular weight excluding hydrogens is 198 g/mol. The molecule has 1 aliphatic heterocycles. The number of hydrogen-bond acceptors (Lipinski definition) is 3. The van der Waals surface area contributed by atoms with Gasteiger partial charge in [0.1, 0.15) is 0 Å². The lowest BCUT2D eigenvalue weighted by molar-refractivity contribution is 0.199. The van der Waals surface area contributed by atoms with Crippen LogP contribution in [0.2, 0.25) is 0 Å². The highest BCUT2D eigenvalue weighted by atomic mass is 15.2. The molecular formula is C13H21N3. The Hall–Kier alpha value is -0.930. The molecule has 1 N–H and O–H groups in total. The molecule has 3 nitrogen and oxygen atoms in total. The number of aromatic nitrogens is 1. The van der Waals surface area contributed by atoms with Crippen molar-refractivity contribution in [3.8, 4) is 0 Å². The molecule has 1 fully saturated rings. The second-order valence-electron chi connectivity index (χ2n) is 4.48. The van der Waals surface area contributed by atoms with Gasteiger partial charge in [0.2, 0.25) is 0 Å². The molecule has 2 heterocycles. The van der Waals surface area contributed by atoms with Gasteiger partial charge in [-0.1, -0.05) is 13.0 Å². The molecule has 1 saturated heterocycles. The molecule has 0 amide bonds. The van der Waals surface area contributed by atoms with Crippen LogP contribution in [0.1, 0.15) is 25.3 Å². The molecule has 1 atom stereocenters. The zero-order chi connectivity index (χ0) is 11.2. The topological polar surface area (TPSA) is 28.2 Å². The minimum atomic E-state index is 0.708. The van der Waals surface area contributed by atoms with E-state index in [9.17, 15) is 0 Å². The highest BCUT2D eigenvalue weighted by molar-refractivity contribution is 5.08. The zero-order valence-corrected chi connectivity index (χ0v) is 10.0. The van der Waals surface area contributed by atoms with Crippen LogP contribution in [0.4, 0.5) is 0 Å². The van der Waals surface area contributed by atoms with Crippen LogP contribution in [0.25, 0.3) is 0 Å². The van der Waals surface area contributed by atoms with Crippen LogP contribution >= 0.6 is 0 Å². The minimum Gasteiger partial charge on any atom is -0.315 e. The molecule has 1 aliphatic rings. The molecule has 16 heavy (non-hydrogen) atoms. The molecule has 0 spiro atoms. The van der Waals surface area contributed by atoms with Crippen LogP contribution in [0.15, 0.2) is 24.5 Å². The highest BCUT2D eigenvalue weighted by Crippen LogP contribution is 2.13. The zero-order valence-electron chi connectivity index (χ0n) is 10.0. The van der Waals surface area contributed by atoms with Gasteiger partial charge in [0.15, 0.2) is 0 Å². The molecule has 0 saturated carbocycles. The number of hydrogen-bond donors (Lipinski definition) is 1. The van der Waals surface area contributed by atoms with Crippen molar-refractivity contribution in [2.24, 2.45) is 0 Å². The Morgan fingerprint density at radius 2 is 2.50 bits per heavy atom. The van der Waals surface area contributed by atoms with E-state index in [0.717, 1.165) is 19.6 Å². The molecule has 1 aromatic rings. The first kappa shape index (κ1) is 11.6. The molecule has 2 rings (SSSR count). The SMILES string of the molecule is CCCN(Cc1cccnc1)C1CCNC1. The molecule has 0 aromatic carbocycles. The van der Waals surface area contributed by atoms with Gasteiger partial charge < -0.3 is 5.32 Å². The maximum atomic E-state index is 4.18. The molecule has 1 aromatic heterocycles. The fraction of sp³-hybridized carbons (Fsp3) is 0.615. The van der Waals surface area contributed by atoms with Gasteiger partial charge in [0.25, 0.3) is 0 Å². The predicted molar refractivity (Wildman–Crippen MR) is 66.2 cm³/mol. The smallest absolute Gasteiger partial charge is 0.0312 e. The quantitative estimate of drug-likeness (QED) is 0.816. The van der Waals surface area contributed by atoms with E-state index in [1.807, 2.05) is 18.5 Å². The number of pyridine rings is 1. The van der Waals surface area contributed by atoms with Gasteiger partial charge >= 0.3 is 0 Å². The Bertz CT molecular complexity index is 293. The standard InChI is InChI=1S/C13H21N3/c1-2-8-16(13-5-7-15-10-13)11-12-4-3-6-14-9-12/h3-4,6,9,13,15H,2,5,7-8,10-11H2,1H3. The van der Waals surface area contributed by atoms with E-state index >= 15 is 0 Å². The summed E-state index contributed by atoms with van der Waals surface area (Å²) in [5, 5.41) is 3.44. The monoisotopic (exact) mass is 219 g/mol. The third-order valence-corrected chi connectivity index (χ3v) is 3.17. The lowest BCUT2D eigenvalue weighted by Gasteiger charge is -2.27. The fourth-order valence-electron chi connectivity index (χ4n) is 2.36. The Morgan fingerprint density at radius 3 is 3.12 bits per heavy atom. The second kappa shape index (κ2) is 5.97. The third kappa shape index (κ3) is 3.03. The van der Waals surface area contributed by atoms with E-state index in [0.29, 0.717) is 6.04 Å². The van der Waals surface area contributed by atoms with Gasteiger partial charge in [-0.15, -0.1) is 0 Å². The lowest BCUT2D eigenvalue weighted by atomic mass is 10.1. The van der Waals surface area contributed by atoms with Crippen molar-refractivity contribution >= 4 is 0 Å². The predicted octanol–water partition coefficient (Wildman–Crippen LogP) is 1.66. The fourth-order valence-corrected chi connectivity index (χ4v) is 2.36. The van der Waals surface area contributed by atoms with Crippen molar-refractivity contribution in [3.63, 3.8) is 0 Å². The van der Waals surface area contributed by atoms with Crippen molar-refractivity contribution in [1.82, 2.24) is 15.2 Å². The third-order valence-electron chi connectivity index (χ3n) is 3.17. The van der Waals surface area contributed by atoms with Crippen LogP contribution < -0.4 is 5.32 Å². The Balaban J connectivity index is 1.96. The summed E-state index contributed by atoms with van der Waals surface area (Å²) in [5.74, 6) is 0. The number of nitrogens with zero attached hydrogens (tertiary/aromatic N) is 2. The summed E-state index contributed by atoms with van der Waals surface area (Å²) >= 11 is 0. The van der Waals surface area contributed by atoms with Gasteiger partial charge in [-0.3, -0.25) is 9.88 Å². The summed E-state index contributed by atoms with van der Waals surface area (Å²) in [6, 6.07) is 4.89. The Kier molecular flexibility index (Phi) is 4.31. The van der Waals surface area contributed by atoms with E-state index in [4.69, 9.17) is 0 Å². The summed E-state index contributed by atoms with van der Waals surface area (Å²) in [7, 11) is 0. The second-order valence-corrected chi connectivity index (χ2v) is 4.48. The van der Waals surface area contributed by atoms with E-state index in [1.165, 1.54) is 24.9 Å². The summed E-state index contributed by atoms with van der Waals surface area (Å²) in [4.78, 5) is 6.76. The maximum Gasteiger partial charge on any atom is 0.0312 e. The van der Waals surface area contributed by atoms with Crippen molar-refractivity contribution < 1.29 is 0 Å². The molecule has 1 unspecified atom stereocenters. The first-order chi connectivity index (χ1) is 7.90. The summed E-state index contributed by atoms with van der Waals surface area (Å²) in [6.45, 7) is 6.77. The minimum absolute atomic E-state index is 0.708. The average Bonchev–Trinajstić information content (AvgIpc) is 2.83. The van der Waals surface area contributed by atoms with Crippen molar-refractivity contribution in [1.29, 1.82) is 0 Å². The molecule has 3 heteroatoms. The summed E-state index contributed by atoms with van der Waals surface area (Å²) in [5.41, 5.74) is 1.32. The average molecular weight is 219 g/mol. The largest absolute Gasteiger partial charge is 0.315 e. The van der Waals surface area contributed by atoms with Gasteiger partial charge in [-0.2, -0.15) is 0 Å². The normalized spacial score (nSPS) is 20.5. The van der Waals surface area contributed by atoms with Gasteiger partial charge in [-0.25, -0.2) is 0 Å². The van der Waals surface area contributed by atoms with E-state index in [2.05, 4.69) is 28.2 Å². The summed E-state index contributed by atoms with van der Waals surface area (Å²) in [6.07, 6.45) is 6.31. The van der Waals surface area contributed by atoms with E-state index < -0.39 is 0 Å². The molecule has 88 valence electrons. The van der Waals surface area contributed by atoms with Gasteiger partial charge in [0.05, 0.1) is 0 Å². The van der Waals surface area contributed by atoms with Gasteiger partial charge in [0, 0.05) is 31.5 Å². The lowest BCUT2D eigenvalue weighted by Crippen LogP contribution is -2.36. The highest BCUT2D eigenvalue weighted by Gasteiger charge is 2.21.